The second-order valence-electron chi connectivity index (χ2n) is 4.14. The van der Waals surface area contributed by atoms with E-state index in [9.17, 15) is 4.39 Å². The topological polar surface area (TPSA) is 18.5 Å². The van der Waals surface area contributed by atoms with E-state index < -0.39 is 5.82 Å². The lowest BCUT2D eigenvalue weighted by atomic mass is 10.2. The Morgan fingerprint density at radius 3 is 2.60 bits per heavy atom. The molecule has 106 valence electrons. The number of halogens is 3. The average Bonchev–Trinajstić information content (AvgIpc) is 2.48. The molecule has 0 amide bonds. The minimum Gasteiger partial charge on any atom is -0.497 e. The molecule has 0 aliphatic heterocycles. The van der Waals surface area contributed by atoms with Gasteiger partial charge < -0.3 is 9.47 Å². The molecule has 0 saturated heterocycles. The van der Waals surface area contributed by atoms with Crippen LogP contribution >= 0.6 is 23.2 Å². The second-order valence-corrected chi connectivity index (χ2v) is 4.82. The zero-order valence-electron chi connectivity index (χ0n) is 10.8. The summed E-state index contributed by atoms with van der Waals surface area (Å²) in [4.78, 5) is 0. The minimum atomic E-state index is -0.458. The summed E-state index contributed by atoms with van der Waals surface area (Å²) in [5.41, 5.74) is 1.52. The van der Waals surface area contributed by atoms with Crippen LogP contribution in [0.1, 0.15) is 11.1 Å². The van der Waals surface area contributed by atoms with Gasteiger partial charge in [-0.2, -0.15) is 0 Å². The lowest BCUT2D eigenvalue weighted by molar-refractivity contribution is 0.302. The van der Waals surface area contributed by atoms with Crippen molar-refractivity contribution in [3.05, 3.63) is 58.4 Å². The van der Waals surface area contributed by atoms with E-state index in [1.165, 1.54) is 12.1 Å². The van der Waals surface area contributed by atoms with Gasteiger partial charge in [0.15, 0.2) is 0 Å². The zero-order chi connectivity index (χ0) is 14.5. The van der Waals surface area contributed by atoms with E-state index in [-0.39, 0.29) is 11.6 Å². The van der Waals surface area contributed by atoms with Crippen molar-refractivity contribution in [1.29, 1.82) is 0 Å². The highest BCUT2D eigenvalue weighted by Gasteiger charge is 2.06. The summed E-state index contributed by atoms with van der Waals surface area (Å²) in [5, 5.41) is 0.0969. The maximum atomic E-state index is 13.3. The van der Waals surface area contributed by atoms with Gasteiger partial charge in [0.25, 0.3) is 0 Å². The first kappa shape index (κ1) is 14.9. The second kappa shape index (κ2) is 6.82. The number of hydrogen-bond acceptors (Lipinski definition) is 2. The van der Waals surface area contributed by atoms with E-state index in [1.807, 2.05) is 6.07 Å². The first-order valence-electron chi connectivity index (χ1n) is 5.93. The Hall–Kier alpha value is -1.45. The Labute approximate surface area is 127 Å². The van der Waals surface area contributed by atoms with Gasteiger partial charge in [0.05, 0.1) is 18.0 Å². The van der Waals surface area contributed by atoms with Crippen LogP contribution in [0, 0.1) is 5.82 Å². The summed E-state index contributed by atoms with van der Waals surface area (Å²) in [7, 11) is 1.59. The molecule has 0 saturated carbocycles. The normalized spacial score (nSPS) is 10.4. The van der Waals surface area contributed by atoms with Gasteiger partial charge in [-0.05, 0) is 35.9 Å². The van der Waals surface area contributed by atoms with Gasteiger partial charge in [-0.3, -0.25) is 0 Å². The third-order valence-electron chi connectivity index (χ3n) is 2.79. The molecule has 0 spiro atoms. The fourth-order valence-electron chi connectivity index (χ4n) is 1.72. The van der Waals surface area contributed by atoms with Crippen LogP contribution in [0.5, 0.6) is 11.5 Å². The lowest BCUT2D eigenvalue weighted by Gasteiger charge is -2.11. The van der Waals surface area contributed by atoms with Crippen LogP contribution in [0.4, 0.5) is 4.39 Å². The van der Waals surface area contributed by atoms with Crippen molar-refractivity contribution in [2.24, 2.45) is 0 Å². The standard InChI is InChI=1S/C15H13Cl2FO2/c1-19-12-3-5-15(11(7-12)8-16)20-9-10-2-4-13(17)14(18)6-10/h2-7H,8-9H2,1H3. The predicted octanol–water partition coefficient (Wildman–Crippen LogP) is 4.81. The van der Waals surface area contributed by atoms with Crippen molar-refractivity contribution >= 4 is 23.2 Å². The maximum absolute atomic E-state index is 13.3. The van der Waals surface area contributed by atoms with Crippen LogP contribution < -0.4 is 9.47 Å². The van der Waals surface area contributed by atoms with Crippen LogP contribution in [0.25, 0.3) is 0 Å². The number of benzene rings is 2. The van der Waals surface area contributed by atoms with Gasteiger partial charge >= 0.3 is 0 Å². The van der Waals surface area contributed by atoms with Crippen molar-refractivity contribution < 1.29 is 13.9 Å². The van der Waals surface area contributed by atoms with Crippen molar-refractivity contribution in [3.8, 4) is 11.5 Å². The molecular formula is C15H13Cl2FO2. The maximum Gasteiger partial charge on any atom is 0.142 e. The van der Waals surface area contributed by atoms with E-state index in [4.69, 9.17) is 32.7 Å². The molecule has 0 radical (unpaired) electrons. The monoisotopic (exact) mass is 314 g/mol. The number of rotatable bonds is 5. The molecule has 0 fully saturated rings. The smallest absolute Gasteiger partial charge is 0.142 e. The fraction of sp³-hybridized carbons (Fsp3) is 0.200. The molecule has 0 N–H and O–H groups in total. The van der Waals surface area contributed by atoms with Crippen LogP contribution in [0.3, 0.4) is 0 Å². The molecule has 2 aromatic rings. The number of hydrogen-bond donors (Lipinski definition) is 0. The number of ether oxygens (including phenoxy) is 2. The van der Waals surface area contributed by atoms with Crippen LogP contribution in [-0.2, 0) is 12.5 Å². The number of methoxy groups -OCH3 is 1. The van der Waals surface area contributed by atoms with Crippen LogP contribution in [0.2, 0.25) is 5.02 Å². The van der Waals surface area contributed by atoms with E-state index in [0.717, 1.165) is 5.56 Å². The summed E-state index contributed by atoms with van der Waals surface area (Å²) in [6.45, 7) is 0.240. The van der Waals surface area contributed by atoms with Gasteiger partial charge in [-0.1, -0.05) is 17.7 Å². The van der Waals surface area contributed by atoms with Gasteiger partial charge in [0.1, 0.15) is 23.9 Å². The zero-order valence-corrected chi connectivity index (χ0v) is 12.3. The molecule has 2 aromatic carbocycles. The lowest BCUT2D eigenvalue weighted by Crippen LogP contribution is -1.99. The first-order valence-corrected chi connectivity index (χ1v) is 6.85. The van der Waals surface area contributed by atoms with Crippen LogP contribution in [-0.4, -0.2) is 7.11 Å². The Morgan fingerprint density at radius 1 is 1.15 bits per heavy atom. The summed E-state index contributed by atoms with van der Waals surface area (Å²) >= 11 is 11.5. The SMILES string of the molecule is COc1ccc(OCc2ccc(Cl)c(F)c2)c(CCl)c1. The molecule has 0 aromatic heterocycles. The molecular weight excluding hydrogens is 302 g/mol. The first-order chi connectivity index (χ1) is 9.63. The van der Waals surface area contributed by atoms with E-state index >= 15 is 0 Å². The molecule has 0 heterocycles. The molecule has 5 heteroatoms. The molecule has 0 aliphatic carbocycles. The summed E-state index contributed by atoms with van der Waals surface area (Å²) in [5.74, 6) is 1.21. The molecule has 0 aliphatic rings. The summed E-state index contributed by atoms with van der Waals surface area (Å²) in [6, 6.07) is 9.95. The molecule has 20 heavy (non-hydrogen) atoms. The molecule has 0 bridgehead atoms. The molecule has 2 nitrogen and oxygen atoms in total. The highest BCUT2D eigenvalue weighted by atomic mass is 35.5. The third kappa shape index (κ3) is 3.56. The van der Waals surface area contributed by atoms with E-state index in [1.54, 1.807) is 25.3 Å². The Kier molecular flexibility index (Phi) is 5.10. The largest absolute Gasteiger partial charge is 0.497 e. The fourth-order valence-corrected chi connectivity index (χ4v) is 2.04. The Morgan fingerprint density at radius 2 is 1.95 bits per heavy atom. The quantitative estimate of drug-likeness (QED) is 0.738. The van der Waals surface area contributed by atoms with Crippen molar-refractivity contribution in [3.63, 3.8) is 0 Å². The third-order valence-corrected chi connectivity index (χ3v) is 3.38. The van der Waals surface area contributed by atoms with E-state index in [2.05, 4.69) is 0 Å². The average molecular weight is 315 g/mol. The van der Waals surface area contributed by atoms with Gasteiger partial charge in [0, 0.05) is 5.56 Å². The predicted molar refractivity (Wildman–Crippen MR) is 78.3 cm³/mol. The summed E-state index contributed by atoms with van der Waals surface area (Å²) in [6.07, 6.45) is 0. The Balaban J connectivity index is 2.12. The van der Waals surface area contributed by atoms with E-state index in [0.29, 0.717) is 22.9 Å². The van der Waals surface area contributed by atoms with Gasteiger partial charge in [-0.15, -0.1) is 11.6 Å². The van der Waals surface area contributed by atoms with Gasteiger partial charge in [-0.25, -0.2) is 4.39 Å². The molecule has 2 rings (SSSR count). The van der Waals surface area contributed by atoms with Crippen molar-refractivity contribution in [2.75, 3.05) is 7.11 Å². The molecule has 0 unspecified atom stereocenters. The minimum absolute atomic E-state index is 0.0969. The Bertz CT molecular complexity index is 602. The highest BCUT2D eigenvalue weighted by molar-refractivity contribution is 6.30. The van der Waals surface area contributed by atoms with Crippen molar-refractivity contribution in [2.45, 2.75) is 12.5 Å². The highest BCUT2D eigenvalue weighted by Crippen LogP contribution is 2.26. The molecule has 0 atom stereocenters. The van der Waals surface area contributed by atoms with Crippen LogP contribution in [0.15, 0.2) is 36.4 Å². The summed E-state index contributed by atoms with van der Waals surface area (Å²) < 4.78 is 24.1. The van der Waals surface area contributed by atoms with Crippen molar-refractivity contribution in [1.82, 2.24) is 0 Å². The number of alkyl halides is 1. The van der Waals surface area contributed by atoms with Gasteiger partial charge in [0.2, 0.25) is 0 Å².